The molecule has 0 aromatic heterocycles. The summed E-state index contributed by atoms with van der Waals surface area (Å²) in [4.78, 5) is 8.56. The van der Waals surface area contributed by atoms with Crippen molar-refractivity contribution >= 4 is 6.16 Å². The summed E-state index contributed by atoms with van der Waals surface area (Å²) >= 11 is 0. The first-order chi connectivity index (χ1) is 12.0. The van der Waals surface area contributed by atoms with Crippen molar-refractivity contribution < 1.29 is 25.2 Å². The van der Waals surface area contributed by atoms with Gasteiger partial charge in [-0.25, -0.2) is 4.79 Å². The molecule has 0 aliphatic rings. The van der Waals surface area contributed by atoms with Crippen molar-refractivity contribution in [3.05, 3.63) is 95.6 Å². The number of carboxylic acid groups (broad SMARTS) is 2. The largest absolute Gasteiger partial charge is 0.508 e. The molecule has 0 unspecified atom stereocenters. The zero-order valence-corrected chi connectivity index (χ0v) is 13.3. The smallest absolute Gasteiger partial charge is 0.503 e. The maximum absolute atomic E-state index is 9.48. The molecule has 5 heteroatoms. The second-order valence-corrected chi connectivity index (χ2v) is 5.31. The van der Waals surface area contributed by atoms with Crippen molar-refractivity contribution in [2.75, 3.05) is 0 Å². The van der Waals surface area contributed by atoms with E-state index in [-0.39, 0.29) is 17.4 Å². The van der Waals surface area contributed by atoms with Crippen LogP contribution in [-0.4, -0.2) is 26.6 Å². The number of carbonyl (C=O) groups is 1. The van der Waals surface area contributed by atoms with Crippen molar-refractivity contribution in [3.63, 3.8) is 0 Å². The molecule has 3 aromatic rings. The summed E-state index contributed by atoms with van der Waals surface area (Å²) in [6, 6.07) is 24.7. The number of phenolic OH excluding ortho intramolecular Hbond substituents is 2. The van der Waals surface area contributed by atoms with Crippen molar-refractivity contribution in [2.45, 2.75) is 5.92 Å². The van der Waals surface area contributed by atoms with Crippen molar-refractivity contribution in [1.82, 2.24) is 0 Å². The second kappa shape index (κ2) is 8.40. The fraction of sp³-hybridized carbons (Fsp3) is 0.0500. The first-order valence-electron chi connectivity index (χ1n) is 7.52. The zero-order chi connectivity index (χ0) is 18.2. The van der Waals surface area contributed by atoms with Gasteiger partial charge in [0.1, 0.15) is 11.5 Å². The van der Waals surface area contributed by atoms with Gasteiger partial charge in [0.2, 0.25) is 0 Å². The third-order valence-electron chi connectivity index (χ3n) is 3.59. The maximum atomic E-state index is 9.48. The van der Waals surface area contributed by atoms with E-state index in [9.17, 15) is 10.2 Å². The highest BCUT2D eigenvalue weighted by atomic mass is 16.6. The third-order valence-corrected chi connectivity index (χ3v) is 3.59. The number of aromatic hydroxyl groups is 2. The van der Waals surface area contributed by atoms with E-state index in [1.807, 2.05) is 42.5 Å². The summed E-state index contributed by atoms with van der Waals surface area (Å²) in [5.74, 6) is 0.597. The minimum Gasteiger partial charge on any atom is -0.508 e. The Balaban J connectivity index is 0.000000511. The van der Waals surface area contributed by atoms with E-state index in [0.29, 0.717) is 0 Å². The van der Waals surface area contributed by atoms with E-state index >= 15 is 0 Å². The number of hydrogen-bond acceptors (Lipinski definition) is 3. The summed E-state index contributed by atoms with van der Waals surface area (Å²) in [5.41, 5.74) is 3.38. The van der Waals surface area contributed by atoms with Crippen molar-refractivity contribution in [2.24, 2.45) is 0 Å². The van der Waals surface area contributed by atoms with E-state index in [2.05, 4.69) is 12.1 Å². The Morgan fingerprint density at radius 1 is 0.600 bits per heavy atom. The quantitative estimate of drug-likeness (QED) is 0.527. The van der Waals surface area contributed by atoms with Crippen LogP contribution in [0.4, 0.5) is 4.79 Å². The Morgan fingerprint density at radius 3 is 1.28 bits per heavy atom. The lowest BCUT2D eigenvalue weighted by Gasteiger charge is -2.19. The molecule has 0 bridgehead atoms. The maximum Gasteiger partial charge on any atom is 0.503 e. The Morgan fingerprint density at radius 2 is 0.920 bits per heavy atom. The molecule has 0 fully saturated rings. The van der Waals surface area contributed by atoms with E-state index < -0.39 is 6.16 Å². The third kappa shape index (κ3) is 5.28. The summed E-state index contributed by atoms with van der Waals surface area (Å²) in [6.07, 6.45) is -1.83. The summed E-state index contributed by atoms with van der Waals surface area (Å²) in [6.45, 7) is 0. The van der Waals surface area contributed by atoms with E-state index in [1.54, 1.807) is 24.3 Å². The minimum absolute atomic E-state index is 0.0763. The lowest BCUT2D eigenvalue weighted by Crippen LogP contribution is -2.02. The highest BCUT2D eigenvalue weighted by Gasteiger charge is 2.16. The highest BCUT2D eigenvalue weighted by Crippen LogP contribution is 2.33. The van der Waals surface area contributed by atoms with Crippen LogP contribution in [-0.2, 0) is 0 Å². The Kier molecular flexibility index (Phi) is 6.01. The number of hydrogen-bond donors (Lipinski definition) is 4. The predicted octanol–water partition coefficient (Wildman–Crippen LogP) is 4.50. The van der Waals surface area contributed by atoms with Gasteiger partial charge in [0.15, 0.2) is 0 Å². The van der Waals surface area contributed by atoms with Crippen LogP contribution in [0.25, 0.3) is 0 Å². The van der Waals surface area contributed by atoms with Crippen LogP contribution in [0.1, 0.15) is 22.6 Å². The molecule has 0 aliphatic heterocycles. The minimum atomic E-state index is -1.83. The van der Waals surface area contributed by atoms with Crippen LogP contribution in [0.2, 0.25) is 0 Å². The van der Waals surface area contributed by atoms with Crippen molar-refractivity contribution in [1.29, 1.82) is 0 Å². The molecule has 128 valence electrons. The Labute approximate surface area is 145 Å². The van der Waals surface area contributed by atoms with Crippen LogP contribution in [0, 0.1) is 0 Å². The van der Waals surface area contributed by atoms with E-state index in [4.69, 9.17) is 15.0 Å². The van der Waals surface area contributed by atoms with Crippen LogP contribution in [0.5, 0.6) is 11.5 Å². The molecular weight excluding hydrogens is 320 g/mol. The first-order valence-corrected chi connectivity index (χ1v) is 7.52. The van der Waals surface area contributed by atoms with Crippen LogP contribution >= 0.6 is 0 Å². The van der Waals surface area contributed by atoms with Gasteiger partial charge in [-0.15, -0.1) is 0 Å². The number of rotatable bonds is 3. The molecule has 5 nitrogen and oxygen atoms in total. The fourth-order valence-electron chi connectivity index (χ4n) is 2.56. The normalized spacial score (nSPS) is 9.96. The summed E-state index contributed by atoms with van der Waals surface area (Å²) in [7, 11) is 0. The van der Waals surface area contributed by atoms with Crippen LogP contribution in [0.15, 0.2) is 78.9 Å². The highest BCUT2D eigenvalue weighted by molar-refractivity contribution is 5.53. The van der Waals surface area contributed by atoms with Gasteiger partial charge in [-0.1, -0.05) is 54.6 Å². The van der Waals surface area contributed by atoms with Crippen LogP contribution in [0.3, 0.4) is 0 Å². The van der Waals surface area contributed by atoms with Crippen LogP contribution < -0.4 is 0 Å². The molecule has 0 saturated heterocycles. The standard InChI is InChI=1S/C19H16O2.CH2O3/c20-17-10-6-15(7-11-17)19(14-4-2-1-3-5-14)16-8-12-18(21)13-9-16;2-1(3)4/h1-13,19-21H;(H2,2,3,4). The fourth-order valence-corrected chi connectivity index (χ4v) is 2.56. The van der Waals surface area contributed by atoms with Gasteiger partial charge in [0.25, 0.3) is 0 Å². The molecular formula is C20H18O5. The average Bonchev–Trinajstić information content (AvgIpc) is 2.59. The Bertz CT molecular complexity index is 746. The average molecular weight is 338 g/mol. The number of benzene rings is 3. The molecule has 25 heavy (non-hydrogen) atoms. The molecule has 0 radical (unpaired) electrons. The molecule has 0 aliphatic carbocycles. The lowest BCUT2D eigenvalue weighted by atomic mass is 9.85. The molecule has 0 saturated carbocycles. The molecule has 0 atom stereocenters. The molecule has 4 N–H and O–H groups in total. The topological polar surface area (TPSA) is 98.0 Å². The monoisotopic (exact) mass is 338 g/mol. The second-order valence-electron chi connectivity index (χ2n) is 5.31. The molecule has 3 rings (SSSR count). The van der Waals surface area contributed by atoms with Gasteiger partial charge in [0, 0.05) is 5.92 Å². The van der Waals surface area contributed by atoms with Gasteiger partial charge < -0.3 is 20.4 Å². The zero-order valence-electron chi connectivity index (χ0n) is 13.3. The molecule has 0 spiro atoms. The van der Waals surface area contributed by atoms with Crippen molar-refractivity contribution in [3.8, 4) is 11.5 Å². The molecule has 3 aromatic carbocycles. The Hall–Kier alpha value is -3.47. The number of phenols is 2. The summed E-state index contributed by atoms with van der Waals surface area (Å²) < 4.78 is 0. The SMILES string of the molecule is O=C(O)O.Oc1ccc(C(c2ccccc2)c2ccc(O)cc2)cc1. The van der Waals surface area contributed by atoms with E-state index in [0.717, 1.165) is 11.1 Å². The summed E-state index contributed by atoms with van der Waals surface area (Å²) in [5, 5.41) is 32.9. The lowest BCUT2D eigenvalue weighted by molar-refractivity contribution is 0.137. The van der Waals surface area contributed by atoms with Gasteiger partial charge >= 0.3 is 6.16 Å². The van der Waals surface area contributed by atoms with Gasteiger partial charge in [-0.05, 0) is 41.0 Å². The molecule has 0 heterocycles. The van der Waals surface area contributed by atoms with E-state index in [1.165, 1.54) is 5.56 Å². The predicted molar refractivity (Wildman–Crippen MR) is 94.3 cm³/mol. The first kappa shape index (κ1) is 17.9. The van der Waals surface area contributed by atoms with Gasteiger partial charge in [-0.2, -0.15) is 0 Å². The molecule has 0 amide bonds. The van der Waals surface area contributed by atoms with Gasteiger partial charge in [0.05, 0.1) is 0 Å². The van der Waals surface area contributed by atoms with Gasteiger partial charge in [-0.3, -0.25) is 0 Å².